The molecule has 0 amide bonds. The van der Waals surface area contributed by atoms with Crippen molar-refractivity contribution in [3.05, 3.63) is 77.1 Å². The van der Waals surface area contributed by atoms with Crippen molar-refractivity contribution >= 4 is 11.6 Å². The van der Waals surface area contributed by atoms with Crippen LogP contribution in [0, 0.1) is 0 Å². The normalized spacial score (nSPS) is 13.5. The first-order valence-corrected chi connectivity index (χ1v) is 7.90. The van der Waals surface area contributed by atoms with Crippen molar-refractivity contribution < 1.29 is 17.9 Å². The molecule has 0 unspecified atom stereocenters. The molecule has 0 bridgehead atoms. The van der Waals surface area contributed by atoms with Crippen LogP contribution in [0.3, 0.4) is 0 Å². The third-order valence-electron chi connectivity index (χ3n) is 4.04. The fourth-order valence-corrected chi connectivity index (χ4v) is 2.89. The first-order valence-electron chi connectivity index (χ1n) is 7.90. The molecule has 0 spiro atoms. The molecule has 5 heteroatoms. The lowest BCUT2D eigenvalue weighted by molar-refractivity contribution is -0.0498. The van der Waals surface area contributed by atoms with E-state index in [0.717, 1.165) is 33.8 Å². The van der Waals surface area contributed by atoms with Gasteiger partial charge in [-0.3, -0.25) is 0 Å². The summed E-state index contributed by atoms with van der Waals surface area (Å²) in [6.07, 6.45) is 10.9. The van der Waals surface area contributed by atoms with E-state index in [-0.39, 0.29) is 5.75 Å². The SMILES string of the molecule is FC(F)Oc1ccc(-c2cc3c(o2)=C(c2cc[nH]c2)C=CCC=3)cc1. The quantitative estimate of drug-likeness (QED) is 0.785. The molecule has 0 saturated heterocycles. The molecular formula is C20H15F2NO2. The Hall–Kier alpha value is -3.08. The molecule has 4 rings (SSSR count). The van der Waals surface area contributed by atoms with Gasteiger partial charge in [-0.1, -0.05) is 18.2 Å². The monoisotopic (exact) mass is 339 g/mol. The molecule has 3 nitrogen and oxygen atoms in total. The molecule has 0 saturated carbocycles. The van der Waals surface area contributed by atoms with Crippen molar-refractivity contribution in [3.63, 3.8) is 0 Å². The third-order valence-corrected chi connectivity index (χ3v) is 4.04. The largest absolute Gasteiger partial charge is 0.455 e. The van der Waals surface area contributed by atoms with Crippen molar-refractivity contribution in [2.24, 2.45) is 0 Å². The zero-order valence-electron chi connectivity index (χ0n) is 13.2. The van der Waals surface area contributed by atoms with Crippen LogP contribution < -0.4 is 15.4 Å². The van der Waals surface area contributed by atoms with Crippen molar-refractivity contribution in [1.29, 1.82) is 0 Å². The van der Waals surface area contributed by atoms with Gasteiger partial charge in [0, 0.05) is 34.3 Å². The minimum Gasteiger partial charge on any atom is -0.455 e. The smallest absolute Gasteiger partial charge is 0.387 e. The predicted molar refractivity (Wildman–Crippen MR) is 91.6 cm³/mol. The summed E-state index contributed by atoms with van der Waals surface area (Å²) in [4.78, 5) is 3.06. The zero-order chi connectivity index (χ0) is 17.2. The summed E-state index contributed by atoms with van der Waals surface area (Å²) in [5.74, 6) is 0.814. The van der Waals surface area contributed by atoms with E-state index in [2.05, 4.69) is 27.9 Å². The van der Waals surface area contributed by atoms with E-state index in [1.165, 1.54) is 12.1 Å². The summed E-state index contributed by atoms with van der Waals surface area (Å²) >= 11 is 0. The van der Waals surface area contributed by atoms with Gasteiger partial charge in [-0.2, -0.15) is 8.78 Å². The molecule has 0 atom stereocenters. The van der Waals surface area contributed by atoms with E-state index in [9.17, 15) is 8.78 Å². The molecule has 0 radical (unpaired) electrons. The Morgan fingerprint density at radius 1 is 1.08 bits per heavy atom. The van der Waals surface area contributed by atoms with Gasteiger partial charge >= 0.3 is 6.61 Å². The summed E-state index contributed by atoms with van der Waals surface area (Å²) in [5.41, 5.74) is 3.67. The van der Waals surface area contributed by atoms with Gasteiger partial charge in [0.15, 0.2) is 0 Å². The summed E-state index contributed by atoms with van der Waals surface area (Å²) in [6, 6.07) is 10.4. The molecule has 2 aromatic heterocycles. The van der Waals surface area contributed by atoms with Crippen molar-refractivity contribution in [1.82, 2.24) is 4.98 Å². The number of alkyl halides is 2. The van der Waals surface area contributed by atoms with Gasteiger partial charge in [0.25, 0.3) is 0 Å². The van der Waals surface area contributed by atoms with Gasteiger partial charge in [0.05, 0.1) is 0 Å². The predicted octanol–water partition coefficient (Wildman–Crippen LogP) is 3.82. The fraction of sp³-hybridized carbons (Fsp3) is 0.100. The second kappa shape index (κ2) is 6.43. The molecule has 2 heterocycles. The number of benzene rings is 1. The number of ether oxygens (including phenoxy) is 1. The number of halogens is 2. The van der Waals surface area contributed by atoms with Crippen LogP contribution in [0.5, 0.6) is 5.75 Å². The van der Waals surface area contributed by atoms with Crippen molar-refractivity contribution in [3.8, 4) is 17.1 Å². The molecular weight excluding hydrogens is 324 g/mol. The van der Waals surface area contributed by atoms with E-state index < -0.39 is 6.61 Å². The van der Waals surface area contributed by atoms with Gasteiger partial charge in [0.2, 0.25) is 0 Å². The Bertz CT molecular complexity index is 1010. The van der Waals surface area contributed by atoms with Crippen LogP contribution in [0.1, 0.15) is 12.0 Å². The maximum Gasteiger partial charge on any atom is 0.387 e. The molecule has 0 aliphatic heterocycles. The Kier molecular flexibility index (Phi) is 3.98. The van der Waals surface area contributed by atoms with Gasteiger partial charge in [0.1, 0.15) is 16.9 Å². The molecule has 126 valence electrons. The molecule has 1 aliphatic rings. The second-order valence-corrected chi connectivity index (χ2v) is 5.65. The minimum atomic E-state index is -2.83. The molecule has 3 aromatic rings. The highest BCUT2D eigenvalue weighted by molar-refractivity contribution is 5.74. The Morgan fingerprint density at radius 3 is 2.64 bits per heavy atom. The summed E-state index contributed by atoms with van der Waals surface area (Å²) in [7, 11) is 0. The highest BCUT2D eigenvalue weighted by Gasteiger charge is 2.11. The molecule has 0 fully saturated rings. The number of rotatable bonds is 4. The summed E-state index contributed by atoms with van der Waals surface area (Å²) in [5, 5.41) is 1.02. The standard InChI is InChI=1S/C20H15F2NO2/c21-20(22)24-16-7-5-13(6-8-16)18-11-14-3-1-2-4-17(19(14)25-18)15-9-10-23-12-15/h2-12,20,23H,1H2. The van der Waals surface area contributed by atoms with Crippen molar-refractivity contribution in [2.45, 2.75) is 13.0 Å². The summed E-state index contributed by atoms with van der Waals surface area (Å²) in [6.45, 7) is -2.83. The maximum absolute atomic E-state index is 12.3. The topological polar surface area (TPSA) is 38.2 Å². The number of hydrogen-bond donors (Lipinski definition) is 1. The van der Waals surface area contributed by atoms with Crippen LogP contribution >= 0.6 is 0 Å². The molecule has 1 N–H and O–H groups in total. The average molecular weight is 339 g/mol. The Morgan fingerprint density at radius 2 is 1.92 bits per heavy atom. The third kappa shape index (κ3) is 3.13. The number of nitrogens with one attached hydrogen (secondary N) is 1. The lowest BCUT2D eigenvalue weighted by Crippen LogP contribution is -2.21. The van der Waals surface area contributed by atoms with Gasteiger partial charge in [-0.15, -0.1) is 0 Å². The van der Waals surface area contributed by atoms with E-state index in [4.69, 9.17) is 4.42 Å². The van der Waals surface area contributed by atoms with E-state index >= 15 is 0 Å². The number of aromatic nitrogens is 1. The Balaban J connectivity index is 1.79. The van der Waals surface area contributed by atoms with E-state index in [0.29, 0.717) is 5.76 Å². The van der Waals surface area contributed by atoms with E-state index in [1.807, 2.05) is 24.5 Å². The van der Waals surface area contributed by atoms with Crippen LogP contribution in [0.4, 0.5) is 8.78 Å². The highest BCUT2D eigenvalue weighted by Crippen LogP contribution is 2.23. The van der Waals surface area contributed by atoms with Crippen LogP contribution in [0.15, 0.2) is 65.4 Å². The molecule has 1 aliphatic carbocycles. The van der Waals surface area contributed by atoms with Crippen LogP contribution in [0.25, 0.3) is 23.0 Å². The Labute approximate surface area is 142 Å². The van der Waals surface area contributed by atoms with Crippen LogP contribution in [0.2, 0.25) is 0 Å². The number of aromatic amines is 1. The summed E-state index contributed by atoms with van der Waals surface area (Å²) < 4.78 is 35.0. The van der Waals surface area contributed by atoms with Crippen LogP contribution in [-0.4, -0.2) is 11.6 Å². The fourth-order valence-electron chi connectivity index (χ4n) is 2.89. The molecule has 25 heavy (non-hydrogen) atoms. The number of furan rings is 1. The number of H-pyrrole nitrogens is 1. The maximum atomic E-state index is 12.3. The van der Waals surface area contributed by atoms with Gasteiger partial charge in [-0.25, -0.2) is 0 Å². The highest BCUT2D eigenvalue weighted by atomic mass is 19.3. The zero-order valence-corrected chi connectivity index (χ0v) is 13.2. The first kappa shape index (κ1) is 15.4. The second-order valence-electron chi connectivity index (χ2n) is 5.65. The lowest BCUT2D eigenvalue weighted by Gasteiger charge is -2.04. The lowest BCUT2D eigenvalue weighted by atomic mass is 10.1. The average Bonchev–Trinajstić information content (AvgIpc) is 3.23. The first-order chi connectivity index (χ1) is 12.2. The minimum absolute atomic E-state index is 0.126. The molecule has 1 aromatic carbocycles. The number of hydrogen-bond acceptors (Lipinski definition) is 2. The van der Waals surface area contributed by atoms with Gasteiger partial charge in [-0.05, 0) is 42.8 Å². The van der Waals surface area contributed by atoms with E-state index in [1.54, 1.807) is 12.1 Å². The number of fused-ring (bicyclic) bond motifs is 1. The van der Waals surface area contributed by atoms with Gasteiger partial charge < -0.3 is 14.1 Å². The number of allylic oxidation sites excluding steroid dienone is 2. The van der Waals surface area contributed by atoms with Crippen molar-refractivity contribution in [2.75, 3.05) is 0 Å². The van der Waals surface area contributed by atoms with Crippen LogP contribution in [-0.2, 0) is 0 Å².